The topological polar surface area (TPSA) is 21.3 Å². The highest BCUT2D eigenvalue weighted by molar-refractivity contribution is 6.32. The first-order valence-corrected chi connectivity index (χ1v) is 6.70. The molecule has 0 saturated carbocycles. The Bertz CT molecular complexity index is 672. The van der Waals surface area contributed by atoms with E-state index in [0.717, 1.165) is 6.07 Å². The van der Waals surface area contributed by atoms with Gasteiger partial charge in [-0.2, -0.15) is 13.2 Å². The largest absolute Gasteiger partial charge is 0.480 e. The number of halogens is 4. The van der Waals surface area contributed by atoms with E-state index in [2.05, 4.69) is 5.32 Å². The van der Waals surface area contributed by atoms with Crippen LogP contribution in [0.2, 0.25) is 5.02 Å². The van der Waals surface area contributed by atoms with Crippen LogP contribution in [0.15, 0.2) is 42.5 Å². The van der Waals surface area contributed by atoms with Crippen molar-refractivity contribution in [2.45, 2.75) is 12.3 Å². The number of para-hydroxylation sites is 1. The molecule has 2 nitrogen and oxygen atoms in total. The average Bonchev–Trinajstić information content (AvgIpc) is 2.46. The van der Waals surface area contributed by atoms with Crippen LogP contribution in [0.3, 0.4) is 0 Å². The molecule has 110 valence electrons. The summed E-state index contributed by atoms with van der Waals surface area (Å²) in [7, 11) is 0. The van der Waals surface area contributed by atoms with Crippen molar-refractivity contribution in [2.75, 3.05) is 11.9 Å². The van der Waals surface area contributed by atoms with Crippen LogP contribution in [0.1, 0.15) is 17.2 Å². The van der Waals surface area contributed by atoms with E-state index in [1.165, 1.54) is 12.1 Å². The summed E-state index contributed by atoms with van der Waals surface area (Å²) in [6.07, 6.45) is -5.16. The molecule has 0 aromatic heterocycles. The number of fused-ring (bicyclic) bond motifs is 1. The van der Waals surface area contributed by atoms with E-state index in [0.29, 0.717) is 16.5 Å². The van der Waals surface area contributed by atoms with Crippen molar-refractivity contribution in [3.05, 3.63) is 58.6 Å². The zero-order valence-corrected chi connectivity index (χ0v) is 11.5. The predicted molar refractivity (Wildman–Crippen MR) is 74.8 cm³/mol. The zero-order chi connectivity index (χ0) is 15.0. The Labute approximate surface area is 124 Å². The fraction of sp³-hybridized carbons (Fsp3) is 0.200. The maximum absolute atomic E-state index is 13.1. The second-order valence-corrected chi connectivity index (χ2v) is 5.10. The number of benzene rings is 2. The smallest absolute Gasteiger partial charge is 0.416 e. The second-order valence-electron chi connectivity index (χ2n) is 4.69. The Balaban J connectivity index is 1.99. The number of nitrogens with one attached hydrogen (secondary N) is 1. The number of alkyl halides is 3. The van der Waals surface area contributed by atoms with E-state index in [9.17, 15) is 13.2 Å². The summed E-state index contributed by atoms with van der Waals surface area (Å²) in [5.74, 6) is 0.382. The summed E-state index contributed by atoms with van der Waals surface area (Å²) in [6.45, 7) is 0.250. The molecule has 1 unspecified atom stereocenters. The third-order valence-corrected chi connectivity index (χ3v) is 3.62. The fourth-order valence-electron chi connectivity index (χ4n) is 2.36. The van der Waals surface area contributed by atoms with Gasteiger partial charge in [0.15, 0.2) is 5.75 Å². The molecule has 0 bridgehead atoms. The van der Waals surface area contributed by atoms with Crippen molar-refractivity contribution in [1.29, 1.82) is 0 Å². The van der Waals surface area contributed by atoms with Gasteiger partial charge in [0.25, 0.3) is 0 Å². The highest BCUT2D eigenvalue weighted by Gasteiger charge is 2.36. The lowest BCUT2D eigenvalue weighted by molar-refractivity contribution is -0.139. The number of ether oxygens (including phenoxy) is 1. The lowest BCUT2D eigenvalue weighted by atomic mass is 10.0. The molecular weight excluding hydrogens is 303 g/mol. The van der Waals surface area contributed by atoms with Crippen LogP contribution in [0.25, 0.3) is 0 Å². The van der Waals surface area contributed by atoms with E-state index in [-0.39, 0.29) is 12.1 Å². The minimum atomic E-state index is -4.42. The summed E-state index contributed by atoms with van der Waals surface area (Å²) in [4.78, 5) is 0. The van der Waals surface area contributed by atoms with Gasteiger partial charge in [0.2, 0.25) is 0 Å². The molecule has 21 heavy (non-hydrogen) atoms. The van der Waals surface area contributed by atoms with E-state index >= 15 is 0 Å². The molecule has 1 heterocycles. The number of rotatable bonds is 1. The Morgan fingerprint density at radius 3 is 2.62 bits per heavy atom. The first kappa shape index (κ1) is 14.1. The third kappa shape index (κ3) is 2.65. The molecular formula is C15H11ClF3NO. The Kier molecular flexibility index (Phi) is 3.45. The van der Waals surface area contributed by atoms with Crippen LogP contribution in [0, 0.1) is 0 Å². The molecule has 1 aliphatic heterocycles. The van der Waals surface area contributed by atoms with Crippen LogP contribution in [-0.2, 0) is 6.18 Å². The van der Waals surface area contributed by atoms with Crippen molar-refractivity contribution < 1.29 is 17.9 Å². The normalized spacial score (nSPS) is 17.6. The van der Waals surface area contributed by atoms with Crippen molar-refractivity contribution in [2.24, 2.45) is 0 Å². The van der Waals surface area contributed by atoms with Gasteiger partial charge in [-0.1, -0.05) is 35.9 Å². The summed E-state index contributed by atoms with van der Waals surface area (Å²) in [6, 6.07) is 10.6. The Hall–Kier alpha value is -1.88. The fourth-order valence-corrected chi connectivity index (χ4v) is 2.58. The van der Waals surface area contributed by atoms with E-state index in [1.807, 2.05) is 0 Å². The standard InChI is InChI=1S/C15H11ClF3NO/c16-11-6-3-7-12-14(11)21-13(8-20-12)9-4-1-2-5-10(9)15(17,18)19/h1-7,13,20H,8H2. The average molecular weight is 314 g/mol. The molecule has 1 atom stereocenters. The second kappa shape index (κ2) is 5.15. The van der Waals surface area contributed by atoms with Crippen LogP contribution in [0.4, 0.5) is 18.9 Å². The lowest BCUT2D eigenvalue weighted by Gasteiger charge is -2.29. The molecule has 1 N–H and O–H groups in total. The highest BCUT2D eigenvalue weighted by Crippen LogP contribution is 2.42. The first-order chi connectivity index (χ1) is 9.97. The van der Waals surface area contributed by atoms with Gasteiger partial charge in [-0.3, -0.25) is 0 Å². The zero-order valence-electron chi connectivity index (χ0n) is 10.7. The maximum Gasteiger partial charge on any atom is 0.416 e. The molecule has 1 aliphatic rings. The minimum Gasteiger partial charge on any atom is -0.480 e. The van der Waals surface area contributed by atoms with Gasteiger partial charge in [-0.05, 0) is 18.2 Å². The Morgan fingerprint density at radius 2 is 1.86 bits per heavy atom. The molecule has 0 aliphatic carbocycles. The molecule has 6 heteroatoms. The third-order valence-electron chi connectivity index (χ3n) is 3.32. The number of anilines is 1. The van der Waals surface area contributed by atoms with Gasteiger partial charge in [0, 0.05) is 5.56 Å². The molecule has 2 aromatic rings. The molecule has 3 rings (SSSR count). The summed E-state index contributed by atoms with van der Waals surface area (Å²) < 4.78 is 44.9. The van der Waals surface area contributed by atoms with Crippen molar-refractivity contribution in [3.8, 4) is 5.75 Å². The number of hydrogen-bond donors (Lipinski definition) is 1. The SMILES string of the molecule is FC(F)(F)c1ccccc1C1CNc2cccc(Cl)c2O1. The van der Waals surface area contributed by atoms with Crippen LogP contribution >= 0.6 is 11.6 Å². The van der Waals surface area contributed by atoms with Crippen LogP contribution in [-0.4, -0.2) is 6.54 Å². The van der Waals surface area contributed by atoms with Crippen molar-refractivity contribution in [3.63, 3.8) is 0 Å². The molecule has 2 aromatic carbocycles. The molecule has 0 spiro atoms. The summed E-state index contributed by atoms with van der Waals surface area (Å²) >= 11 is 6.04. The predicted octanol–water partition coefficient (Wildman–Crippen LogP) is 4.90. The highest BCUT2D eigenvalue weighted by atomic mass is 35.5. The van der Waals surface area contributed by atoms with E-state index in [1.54, 1.807) is 24.3 Å². The van der Waals surface area contributed by atoms with Crippen molar-refractivity contribution in [1.82, 2.24) is 0 Å². The van der Waals surface area contributed by atoms with Gasteiger partial charge in [-0.15, -0.1) is 0 Å². The molecule has 0 saturated heterocycles. The summed E-state index contributed by atoms with van der Waals surface area (Å²) in [5, 5.41) is 3.42. The van der Waals surface area contributed by atoms with Gasteiger partial charge < -0.3 is 10.1 Å². The van der Waals surface area contributed by atoms with Gasteiger partial charge in [0.05, 0.1) is 22.8 Å². The maximum atomic E-state index is 13.1. The first-order valence-electron chi connectivity index (χ1n) is 6.32. The van der Waals surface area contributed by atoms with Gasteiger partial charge in [0.1, 0.15) is 6.10 Å². The van der Waals surface area contributed by atoms with Crippen LogP contribution in [0.5, 0.6) is 5.75 Å². The lowest BCUT2D eigenvalue weighted by Crippen LogP contribution is -2.26. The van der Waals surface area contributed by atoms with Crippen LogP contribution < -0.4 is 10.1 Å². The number of hydrogen-bond acceptors (Lipinski definition) is 2. The minimum absolute atomic E-state index is 0.100. The molecule has 0 amide bonds. The Morgan fingerprint density at radius 1 is 1.10 bits per heavy atom. The molecule has 0 radical (unpaired) electrons. The monoisotopic (exact) mass is 313 g/mol. The molecule has 0 fully saturated rings. The summed E-state index contributed by atoms with van der Waals surface area (Å²) in [5.41, 5.74) is 0.0959. The van der Waals surface area contributed by atoms with E-state index < -0.39 is 17.8 Å². The van der Waals surface area contributed by atoms with E-state index in [4.69, 9.17) is 16.3 Å². The van der Waals surface area contributed by atoms with Crippen molar-refractivity contribution >= 4 is 17.3 Å². The van der Waals surface area contributed by atoms with Gasteiger partial charge in [-0.25, -0.2) is 0 Å². The van der Waals surface area contributed by atoms with Gasteiger partial charge >= 0.3 is 6.18 Å². The quantitative estimate of drug-likeness (QED) is 0.808.